The van der Waals surface area contributed by atoms with Gasteiger partial charge in [0.1, 0.15) is 5.60 Å². The summed E-state index contributed by atoms with van der Waals surface area (Å²) in [4.78, 5) is 10.7. The molecule has 6 unspecified atom stereocenters. The second kappa shape index (κ2) is 2.26. The first kappa shape index (κ1) is 8.60. The number of ether oxygens (including phenoxy) is 1. The standard InChI is InChI=1S/C13H18O2/c1-2-13(15-7-14)10-4-8-3-9-5-11(13)12(9,10)6-8/h7-11H,2-6H2,1H3. The predicted molar refractivity (Wildman–Crippen MR) is 55.0 cm³/mol. The van der Waals surface area contributed by atoms with Crippen molar-refractivity contribution in [1.29, 1.82) is 0 Å². The van der Waals surface area contributed by atoms with E-state index >= 15 is 0 Å². The Morgan fingerprint density at radius 2 is 2.13 bits per heavy atom. The average Bonchev–Trinajstić information content (AvgIpc) is 2.72. The molecule has 0 heterocycles. The van der Waals surface area contributed by atoms with Gasteiger partial charge < -0.3 is 4.74 Å². The van der Waals surface area contributed by atoms with E-state index < -0.39 is 0 Å². The minimum Gasteiger partial charge on any atom is -0.461 e. The maximum Gasteiger partial charge on any atom is 0.293 e. The van der Waals surface area contributed by atoms with Gasteiger partial charge in [0, 0.05) is 11.8 Å². The highest BCUT2D eigenvalue weighted by Gasteiger charge is 2.83. The Kier molecular flexibility index (Phi) is 1.29. The molecule has 0 radical (unpaired) electrons. The summed E-state index contributed by atoms with van der Waals surface area (Å²) in [7, 11) is 0. The molecule has 0 amide bonds. The predicted octanol–water partition coefficient (Wildman–Crippen LogP) is 2.37. The van der Waals surface area contributed by atoms with Gasteiger partial charge in [0.05, 0.1) is 0 Å². The smallest absolute Gasteiger partial charge is 0.293 e. The summed E-state index contributed by atoms with van der Waals surface area (Å²) >= 11 is 0. The number of carbonyl (C=O) groups is 1. The summed E-state index contributed by atoms with van der Waals surface area (Å²) in [6.07, 6.45) is 6.65. The lowest BCUT2D eigenvalue weighted by Gasteiger charge is -2.75. The Balaban J connectivity index is 1.74. The van der Waals surface area contributed by atoms with E-state index in [-0.39, 0.29) is 5.60 Å². The molecular weight excluding hydrogens is 188 g/mol. The minimum absolute atomic E-state index is 0.0343. The van der Waals surface area contributed by atoms with Crippen molar-refractivity contribution in [3.05, 3.63) is 0 Å². The molecular formula is C13H18O2. The zero-order valence-electron chi connectivity index (χ0n) is 9.24. The lowest BCUT2D eigenvalue weighted by molar-refractivity contribution is -0.323. The summed E-state index contributed by atoms with van der Waals surface area (Å²) in [6, 6.07) is 0. The number of rotatable bonds is 3. The van der Waals surface area contributed by atoms with E-state index in [1.54, 1.807) is 0 Å². The normalized spacial score (nSPS) is 63.0. The zero-order chi connectivity index (χ0) is 10.3. The fourth-order valence-electron chi connectivity index (χ4n) is 6.14. The molecule has 0 aromatic heterocycles. The second-order valence-corrected chi connectivity index (χ2v) is 6.21. The number of carbonyl (C=O) groups excluding carboxylic acids is 1. The topological polar surface area (TPSA) is 26.3 Å². The summed E-state index contributed by atoms with van der Waals surface area (Å²) < 4.78 is 5.55. The second-order valence-electron chi connectivity index (χ2n) is 6.21. The van der Waals surface area contributed by atoms with E-state index in [0.29, 0.717) is 11.9 Å². The van der Waals surface area contributed by atoms with Gasteiger partial charge in [0.25, 0.3) is 6.47 Å². The quantitative estimate of drug-likeness (QED) is 0.663. The van der Waals surface area contributed by atoms with E-state index in [2.05, 4.69) is 6.92 Å². The molecule has 2 nitrogen and oxygen atoms in total. The molecule has 0 aromatic rings. The van der Waals surface area contributed by atoms with E-state index in [0.717, 1.165) is 30.1 Å². The van der Waals surface area contributed by atoms with Gasteiger partial charge in [-0.25, -0.2) is 0 Å². The molecule has 0 N–H and O–H groups in total. The summed E-state index contributed by atoms with van der Waals surface area (Å²) in [5, 5.41) is 0. The van der Waals surface area contributed by atoms with Crippen molar-refractivity contribution in [3.63, 3.8) is 0 Å². The highest BCUT2D eigenvalue weighted by molar-refractivity contribution is 5.43. The molecule has 1 spiro atoms. The fraction of sp³-hybridized carbons (Fsp3) is 0.923. The van der Waals surface area contributed by atoms with Crippen LogP contribution >= 0.6 is 0 Å². The fourth-order valence-corrected chi connectivity index (χ4v) is 6.14. The molecule has 0 aliphatic heterocycles. The van der Waals surface area contributed by atoms with Gasteiger partial charge in [-0.3, -0.25) is 4.79 Å². The molecule has 4 saturated carbocycles. The van der Waals surface area contributed by atoms with E-state index in [9.17, 15) is 4.79 Å². The minimum atomic E-state index is -0.0343. The van der Waals surface area contributed by atoms with Crippen LogP contribution < -0.4 is 0 Å². The average molecular weight is 206 g/mol. The maximum absolute atomic E-state index is 10.7. The van der Waals surface area contributed by atoms with Crippen LogP contribution in [0.1, 0.15) is 39.0 Å². The number of hydrogen-bond donors (Lipinski definition) is 0. The van der Waals surface area contributed by atoms with Crippen LogP contribution in [0.2, 0.25) is 0 Å². The largest absolute Gasteiger partial charge is 0.461 e. The van der Waals surface area contributed by atoms with Gasteiger partial charge in [-0.05, 0) is 49.4 Å². The van der Waals surface area contributed by atoms with Crippen molar-refractivity contribution in [2.75, 3.05) is 0 Å². The van der Waals surface area contributed by atoms with Crippen molar-refractivity contribution in [2.24, 2.45) is 29.1 Å². The van der Waals surface area contributed by atoms with Crippen LogP contribution in [0, 0.1) is 29.1 Å². The van der Waals surface area contributed by atoms with Crippen LogP contribution in [0.15, 0.2) is 0 Å². The van der Waals surface area contributed by atoms with Crippen molar-refractivity contribution in [2.45, 2.75) is 44.6 Å². The molecule has 4 aliphatic rings. The molecule has 0 saturated heterocycles. The van der Waals surface area contributed by atoms with Gasteiger partial charge in [-0.1, -0.05) is 6.92 Å². The Hall–Kier alpha value is -0.530. The Labute approximate surface area is 90.4 Å². The van der Waals surface area contributed by atoms with Crippen LogP contribution in [0.5, 0.6) is 0 Å². The Bertz CT molecular complexity index is 339. The molecule has 4 fully saturated rings. The number of hydrogen-bond acceptors (Lipinski definition) is 2. The van der Waals surface area contributed by atoms with Crippen molar-refractivity contribution in [1.82, 2.24) is 0 Å². The summed E-state index contributed by atoms with van der Waals surface area (Å²) in [5.74, 6) is 3.42. The summed E-state index contributed by atoms with van der Waals surface area (Å²) in [6.45, 7) is 2.89. The molecule has 4 aliphatic carbocycles. The first-order valence-electron chi connectivity index (χ1n) is 6.39. The van der Waals surface area contributed by atoms with E-state index in [1.165, 1.54) is 25.7 Å². The molecule has 15 heavy (non-hydrogen) atoms. The third-order valence-corrected chi connectivity index (χ3v) is 6.41. The van der Waals surface area contributed by atoms with Gasteiger partial charge in [0.15, 0.2) is 0 Å². The van der Waals surface area contributed by atoms with Gasteiger partial charge in [0.2, 0.25) is 0 Å². The molecule has 0 aromatic carbocycles. The van der Waals surface area contributed by atoms with Crippen LogP contribution in [0.3, 0.4) is 0 Å². The van der Waals surface area contributed by atoms with Crippen molar-refractivity contribution >= 4 is 6.47 Å². The van der Waals surface area contributed by atoms with Crippen LogP contribution in [0.4, 0.5) is 0 Å². The third kappa shape index (κ3) is 0.620. The van der Waals surface area contributed by atoms with Crippen molar-refractivity contribution in [3.8, 4) is 0 Å². The lowest BCUT2D eigenvalue weighted by atomic mass is 9.32. The SMILES string of the molecule is CCC1(OC=O)C2CC3CC4CC1C42C3. The van der Waals surface area contributed by atoms with Gasteiger partial charge in [-0.15, -0.1) is 0 Å². The first-order chi connectivity index (χ1) is 7.28. The van der Waals surface area contributed by atoms with Crippen LogP contribution in [0.25, 0.3) is 0 Å². The zero-order valence-corrected chi connectivity index (χ0v) is 9.24. The van der Waals surface area contributed by atoms with Crippen LogP contribution in [-0.2, 0) is 9.53 Å². The third-order valence-electron chi connectivity index (χ3n) is 6.41. The first-order valence-corrected chi connectivity index (χ1v) is 6.39. The molecule has 82 valence electrons. The maximum atomic E-state index is 10.7. The van der Waals surface area contributed by atoms with Crippen LogP contribution in [-0.4, -0.2) is 12.1 Å². The monoisotopic (exact) mass is 206 g/mol. The van der Waals surface area contributed by atoms with Crippen molar-refractivity contribution < 1.29 is 9.53 Å². The lowest BCUT2D eigenvalue weighted by Crippen LogP contribution is -2.76. The molecule has 6 atom stereocenters. The summed E-state index contributed by atoms with van der Waals surface area (Å²) in [5.41, 5.74) is 0.622. The van der Waals surface area contributed by atoms with E-state index in [1.807, 2.05) is 0 Å². The Morgan fingerprint density at radius 3 is 2.80 bits per heavy atom. The Morgan fingerprint density at radius 1 is 1.33 bits per heavy atom. The van der Waals surface area contributed by atoms with E-state index in [4.69, 9.17) is 4.74 Å². The highest BCUT2D eigenvalue weighted by Crippen LogP contribution is 2.85. The number of fused-ring (bicyclic) bond motifs is 1. The molecule has 4 rings (SSSR count). The molecule has 2 heteroatoms. The highest BCUT2D eigenvalue weighted by atomic mass is 16.5. The van der Waals surface area contributed by atoms with Gasteiger partial charge >= 0.3 is 0 Å². The van der Waals surface area contributed by atoms with Gasteiger partial charge in [-0.2, -0.15) is 0 Å². The molecule has 2 bridgehead atoms.